The maximum atomic E-state index is 12.8. The molecule has 0 saturated heterocycles. The minimum Gasteiger partial charge on any atom is -0.481 e. The summed E-state index contributed by atoms with van der Waals surface area (Å²) in [5, 5.41) is 8.97. The number of carboxylic acid groups (broad SMARTS) is 1. The topological polar surface area (TPSA) is 110 Å². The van der Waals surface area contributed by atoms with Crippen LogP contribution in [-0.2, 0) is 25.4 Å². The summed E-state index contributed by atoms with van der Waals surface area (Å²) in [7, 11) is 0. The average molecular weight is 421 g/mol. The van der Waals surface area contributed by atoms with Gasteiger partial charge in [-0.2, -0.15) is 30.4 Å². The second kappa shape index (κ2) is 10.7. The van der Waals surface area contributed by atoms with Gasteiger partial charge in [0.2, 0.25) is 5.91 Å². The lowest BCUT2D eigenvalue weighted by Gasteiger charge is -2.15. The first kappa shape index (κ1) is 23.5. The summed E-state index contributed by atoms with van der Waals surface area (Å²) in [6.45, 7) is 1.15. The van der Waals surface area contributed by atoms with Gasteiger partial charge in [0.15, 0.2) is 5.78 Å². The molecule has 28 heavy (non-hydrogen) atoms. The fourth-order valence-electron chi connectivity index (χ4n) is 2.08. The van der Waals surface area contributed by atoms with Gasteiger partial charge in [0.25, 0.3) is 0 Å². The molecule has 0 heterocycles. The third kappa shape index (κ3) is 8.42. The zero-order chi connectivity index (χ0) is 21.3. The molecule has 11 heteroatoms. The summed E-state index contributed by atoms with van der Waals surface area (Å²) < 4.78 is 38.4. The number of carbonyl (C=O) groups is 4. The second-order valence-corrected chi connectivity index (χ2v) is 6.84. The van der Waals surface area contributed by atoms with Gasteiger partial charge in [0, 0.05) is 29.9 Å². The Bertz CT molecular complexity index is 738. The number of Topliss-reactive ketones (excluding diaryl/α,β-unsaturated/α-hetero) is 1. The summed E-state index contributed by atoms with van der Waals surface area (Å²) in [6, 6.07) is 3.78. The normalized spacial score (nSPS) is 12.1. The van der Waals surface area contributed by atoms with E-state index in [4.69, 9.17) is 5.11 Å². The van der Waals surface area contributed by atoms with E-state index in [0.29, 0.717) is 6.07 Å². The van der Waals surface area contributed by atoms with E-state index in [9.17, 15) is 32.3 Å². The van der Waals surface area contributed by atoms with E-state index in [1.54, 1.807) is 0 Å². The first-order valence-electron chi connectivity index (χ1n) is 7.98. The Morgan fingerprint density at radius 1 is 1.25 bits per heavy atom. The molecule has 0 aromatic heterocycles. The fourth-order valence-corrected chi connectivity index (χ4v) is 3.11. The highest BCUT2D eigenvalue weighted by molar-refractivity contribution is 7.99. The van der Waals surface area contributed by atoms with Crippen molar-refractivity contribution in [1.82, 2.24) is 5.48 Å². The van der Waals surface area contributed by atoms with Gasteiger partial charge in [0.1, 0.15) is 0 Å². The van der Waals surface area contributed by atoms with Crippen LogP contribution < -0.4 is 5.48 Å². The number of thioether (sulfide) groups is 1. The minimum atomic E-state index is -4.62. The number of amides is 1. The fraction of sp³-hybridized carbons (Fsp3) is 0.412. The van der Waals surface area contributed by atoms with E-state index in [-0.39, 0.29) is 23.5 Å². The molecule has 2 N–H and O–H groups in total. The van der Waals surface area contributed by atoms with E-state index in [1.165, 1.54) is 6.07 Å². The molecule has 0 fully saturated rings. The van der Waals surface area contributed by atoms with Crippen molar-refractivity contribution in [2.24, 2.45) is 5.92 Å². The molecule has 1 aromatic carbocycles. The first-order valence-corrected chi connectivity index (χ1v) is 9.13. The number of rotatable bonds is 9. The Labute approximate surface area is 162 Å². The van der Waals surface area contributed by atoms with Crippen LogP contribution in [0.15, 0.2) is 24.3 Å². The van der Waals surface area contributed by atoms with Gasteiger partial charge in [-0.3, -0.25) is 14.4 Å². The van der Waals surface area contributed by atoms with Crippen molar-refractivity contribution in [2.75, 3.05) is 11.5 Å². The van der Waals surface area contributed by atoms with Crippen LogP contribution in [0.25, 0.3) is 0 Å². The smallest absolute Gasteiger partial charge is 0.416 e. The SMILES string of the molecule is CC(=O)NOC(=O)CCSC[C@H](CC(=O)O)C(=O)c1cccc(C(F)(F)F)c1. The van der Waals surface area contributed by atoms with Crippen LogP contribution in [0.3, 0.4) is 0 Å². The number of hydrogen-bond donors (Lipinski definition) is 2. The molecule has 0 unspecified atom stereocenters. The highest BCUT2D eigenvalue weighted by atomic mass is 32.2. The quantitative estimate of drug-likeness (QED) is 0.358. The maximum absolute atomic E-state index is 12.8. The summed E-state index contributed by atoms with van der Waals surface area (Å²) in [5.74, 6) is -4.16. The highest BCUT2D eigenvalue weighted by Crippen LogP contribution is 2.30. The molecule has 0 spiro atoms. The van der Waals surface area contributed by atoms with Crippen LogP contribution in [0.4, 0.5) is 13.2 Å². The standard InChI is InChI=1S/C17H18F3NO6S/c1-10(22)21-27-15(25)5-6-28-9-12(8-14(23)24)16(26)11-3-2-4-13(7-11)17(18,19)20/h2-4,7,12H,5-6,8-9H2,1H3,(H,21,22)(H,23,24)/t12-/m0/s1. The number of benzene rings is 1. The Balaban J connectivity index is 2.70. The van der Waals surface area contributed by atoms with E-state index >= 15 is 0 Å². The first-order chi connectivity index (χ1) is 13.0. The van der Waals surface area contributed by atoms with Gasteiger partial charge in [-0.15, -0.1) is 0 Å². The van der Waals surface area contributed by atoms with Crippen molar-refractivity contribution >= 4 is 35.4 Å². The highest BCUT2D eigenvalue weighted by Gasteiger charge is 2.32. The number of carboxylic acids is 1. The molecular formula is C17H18F3NO6S. The molecule has 1 atom stereocenters. The molecule has 1 rings (SSSR count). The predicted molar refractivity (Wildman–Crippen MR) is 93.4 cm³/mol. The van der Waals surface area contributed by atoms with Crippen molar-refractivity contribution in [1.29, 1.82) is 0 Å². The lowest BCUT2D eigenvalue weighted by atomic mass is 9.95. The molecule has 0 aliphatic heterocycles. The maximum Gasteiger partial charge on any atom is 0.416 e. The monoisotopic (exact) mass is 421 g/mol. The molecule has 1 aromatic rings. The van der Waals surface area contributed by atoms with Gasteiger partial charge < -0.3 is 9.94 Å². The lowest BCUT2D eigenvalue weighted by Crippen LogP contribution is -2.25. The zero-order valence-corrected chi connectivity index (χ0v) is 15.6. The van der Waals surface area contributed by atoms with Crippen LogP contribution >= 0.6 is 11.8 Å². The van der Waals surface area contributed by atoms with E-state index in [2.05, 4.69) is 4.84 Å². The van der Waals surface area contributed by atoms with E-state index in [1.807, 2.05) is 5.48 Å². The predicted octanol–water partition coefficient (Wildman–Crippen LogP) is 2.70. The number of nitrogens with one attached hydrogen (secondary N) is 1. The van der Waals surface area contributed by atoms with E-state index in [0.717, 1.165) is 30.8 Å². The molecular weight excluding hydrogens is 403 g/mol. The van der Waals surface area contributed by atoms with Crippen molar-refractivity contribution in [2.45, 2.75) is 25.9 Å². The molecule has 0 aliphatic carbocycles. The number of alkyl halides is 3. The van der Waals surface area contributed by atoms with Crippen LogP contribution in [0.2, 0.25) is 0 Å². The summed E-state index contributed by atoms with van der Waals surface area (Å²) >= 11 is 1.08. The Kier molecular flexibility index (Phi) is 8.97. The number of aliphatic carboxylic acids is 1. The van der Waals surface area contributed by atoms with Crippen molar-refractivity contribution in [3.63, 3.8) is 0 Å². The number of ketones is 1. The molecule has 1 amide bonds. The van der Waals surface area contributed by atoms with Crippen molar-refractivity contribution in [3.8, 4) is 0 Å². The summed E-state index contributed by atoms with van der Waals surface area (Å²) in [5.41, 5.74) is 0.628. The number of hydrogen-bond acceptors (Lipinski definition) is 6. The van der Waals surface area contributed by atoms with E-state index < -0.39 is 47.7 Å². The van der Waals surface area contributed by atoms with Crippen LogP contribution in [-0.4, -0.2) is 40.2 Å². The molecule has 0 aliphatic rings. The number of halogens is 3. The minimum absolute atomic E-state index is 0.00516. The van der Waals surface area contributed by atoms with Gasteiger partial charge in [-0.25, -0.2) is 4.79 Å². The average Bonchev–Trinajstić information content (AvgIpc) is 2.61. The molecule has 154 valence electrons. The number of hydroxylamine groups is 1. The third-order valence-corrected chi connectivity index (χ3v) is 4.48. The van der Waals surface area contributed by atoms with Gasteiger partial charge in [-0.1, -0.05) is 12.1 Å². The summed E-state index contributed by atoms with van der Waals surface area (Å²) in [4.78, 5) is 49.9. The van der Waals surface area contributed by atoms with Gasteiger partial charge in [-0.05, 0) is 12.1 Å². The van der Waals surface area contributed by atoms with Crippen molar-refractivity contribution in [3.05, 3.63) is 35.4 Å². The Morgan fingerprint density at radius 3 is 2.50 bits per heavy atom. The van der Waals surface area contributed by atoms with Crippen molar-refractivity contribution < 1.29 is 42.3 Å². The molecule has 0 radical (unpaired) electrons. The summed E-state index contributed by atoms with van der Waals surface area (Å²) in [6.07, 6.45) is -5.29. The molecule has 0 bridgehead atoms. The van der Waals surface area contributed by atoms with Gasteiger partial charge >= 0.3 is 18.1 Å². The van der Waals surface area contributed by atoms with Gasteiger partial charge in [0.05, 0.1) is 18.4 Å². The van der Waals surface area contributed by atoms with Crippen LogP contribution in [0.5, 0.6) is 0 Å². The zero-order valence-electron chi connectivity index (χ0n) is 14.7. The van der Waals surface area contributed by atoms with Crippen LogP contribution in [0.1, 0.15) is 35.7 Å². The molecule has 0 saturated carbocycles. The second-order valence-electron chi connectivity index (χ2n) is 5.69. The lowest BCUT2D eigenvalue weighted by molar-refractivity contribution is -0.157. The molecule has 7 nitrogen and oxygen atoms in total. The largest absolute Gasteiger partial charge is 0.481 e. The Hall–Kier alpha value is -2.56. The van der Waals surface area contributed by atoms with Crippen LogP contribution in [0, 0.1) is 5.92 Å². The Morgan fingerprint density at radius 2 is 1.93 bits per heavy atom. The number of carbonyl (C=O) groups excluding carboxylic acids is 3. The third-order valence-electron chi connectivity index (χ3n) is 3.34.